The van der Waals surface area contributed by atoms with Gasteiger partial charge in [0.2, 0.25) is 0 Å². The molecule has 0 spiro atoms. The molecule has 4 nitrogen and oxygen atoms in total. The van der Waals surface area contributed by atoms with Crippen LogP contribution in [0, 0.1) is 13.8 Å². The Bertz CT molecular complexity index is 792. The number of hydrogen-bond donors (Lipinski definition) is 0. The van der Waals surface area contributed by atoms with Crippen LogP contribution < -0.4 is 0 Å². The molecule has 3 rings (SSSR count). The van der Waals surface area contributed by atoms with E-state index in [4.69, 9.17) is 11.6 Å². The van der Waals surface area contributed by atoms with E-state index in [9.17, 15) is 0 Å². The van der Waals surface area contributed by atoms with Crippen molar-refractivity contribution in [1.82, 2.24) is 19.5 Å². The van der Waals surface area contributed by atoms with Gasteiger partial charge in [-0.05, 0) is 44.5 Å². The van der Waals surface area contributed by atoms with E-state index in [2.05, 4.69) is 32.5 Å². The number of hydrogen-bond acceptors (Lipinski definition) is 3. The van der Waals surface area contributed by atoms with Crippen LogP contribution in [0.1, 0.15) is 35.1 Å². The molecule has 0 aliphatic carbocycles. The molecule has 3 heterocycles. The highest BCUT2D eigenvalue weighted by Gasteiger charge is 2.17. The molecule has 0 aromatic carbocycles. The first-order valence-corrected chi connectivity index (χ1v) is 7.38. The molecule has 3 aromatic rings. The van der Waals surface area contributed by atoms with Crippen molar-refractivity contribution in [2.24, 2.45) is 0 Å². The van der Waals surface area contributed by atoms with Gasteiger partial charge in [0.25, 0.3) is 0 Å². The fraction of sp³-hybridized carbons (Fsp3) is 0.312. The van der Waals surface area contributed by atoms with Crippen LogP contribution in [0.15, 0.2) is 30.5 Å². The maximum atomic E-state index is 6.29. The minimum atomic E-state index is -0.177. The first-order chi connectivity index (χ1) is 10.1. The summed E-state index contributed by atoms with van der Waals surface area (Å²) < 4.78 is 2.06. The predicted molar refractivity (Wildman–Crippen MR) is 84.6 cm³/mol. The molecule has 1 atom stereocenters. The van der Waals surface area contributed by atoms with Crippen LogP contribution in [-0.4, -0.2) is 19.5 Å². The molecular formula is C16H17ClN4. The van der Waals surface area contributed by atoms with Crippen molar-refractivity contribution in [2.45, 2.75) is 32.7 Å². The third kappa shape index (κ3) is 2.63. The lowest BCUT2D eigenvalue weighted by Gasteiger charge is -2.11. The Morgan fingerprint density at radius 2 is 2.00 bits per heavy atom. The topological polar surface area (TPSA) is 43.6 Å². The van der Waals surface area contributed by atoms with Gasteiger partial charge in [-0.15, -0.1) is 11.6 Å². The summed E-state index contributed by atoms with van der Waals surface area (Å²) in [7, 11) is 0. The van der Waals surface area contributed by atoms with Crippen molar-refractivity contribution < 1.29 is 0 Å². The number of halogens is 1. The summed E-state index contributed by atoms with van der Waals surface area (Å²) in [4.78, 5) is 13.7. The molecule has 0 aliphatic rings. The van der Waals surface area contributed by atoms with E-state index in [0.717, 1.165) is 33.9 Å². The largest absolute Gasteiger partial charge is 0.305 e. The minimum Gasteiger partial charge on any atom is -0.305 e. The van der Waals surface area contributed by atoms with Crippen molar-refractivity contribution >= 4 is 22.8 Å². The first-order valence-electron chi connectivity index (χ1n) is 6.94. The maximum absolute atomic E-state index is 6.29. The summed E-state index contributed by atoms with van der Waals surface area (Å²) in [5.74, 6) is 0.829. The van der Waals surface area contributed by atoms with Crippen LogP contribution in [0.25, 0.3) is 11.2 Å². The van der Waals surface area contributed by atoms with Crippen LogP contribution in [0.4, 0.5) is 0 Å². The fourth-order valence-electron chi connectivity index (χ4n) is 2.41. The van der Waals surface area contributed by atoms with Gasteiger partial charge in [-0.3, -0.25) is 4.98 Å². The zero-order chi connectivity index (χ0) is 15.0. The Morgan fingerprint density at radius 3 is 2.71 bits per heavy atom. The van der Waals surface area contributed by atoms with Crippen LogP contribution in [0.5, 0.6) is 0 Å². The molecular weight excluding hydrogens is 284 g/mol. The second-order valence-corrected chi connectivity index (χ2v) is 5.89. The van der Waals surface area contributed by atoms with E-state index in [0.29, 0.717) is 6.54 Å². The molecule has 3 aromatic heterocycles. The van der Waals surface area contributed by atoms with Gasteiger partial charge in [-0.25, -0.2) is 9.97 Å². The molecule has 21 heavy (non-hydrogen) atoms. The lowest BCUT2D eigenvalue weighted by atomic mass is 10.2. The number of rotatable bonds is 3. The molecule has 1 unspecified atom stereocenters. The Morgan fingerprint density at radius 1 is 1.19 bits per heavy atom. The number of pyridine rings is 2. The summed E-state index contributed by atoms with van der Waals surface area (Å²) in [6.07, 6.45) is 1.81. The van der Waals surface area contributed by atoms with Gasteiger partial charge in [-0.2, -0.15) is 0 Å². The van der Waals surface area contributed by atoms with Crippen LogP contribution in [-0.2, 0) is 6.54 Å². The van der Waals surface area contributed by atoms with Crippen molar-refractivity contribution in [2.75, 3.05) is 0 Å². The fourth-order valence-corrected chi connectivity index (χ4v) is 2.57. The smallest absolute Gasteiger partial charge is 0.160 e. The zero-order valence-electron chi connectivity index (χ0n) is 12.3. The summed E-state index contributed by atoms with van der Waals surface area (Å²) in [6.45, 7) is 6.60. The Labute approximate surface area is 128 Å². The number of imidazole rings is 1. The van der Waals surface area contributed by atoms with Crippen LogP contribution >= 0.6 is 11.6 Å². The number of aromatic nitrogens is 4. The van der Waals surface area contributed by atoms with E-state index in [-0.39, 0.29) is 5.38 Å². The van der Waals surface area contributed by atoms with Crippen molar-refractivity contribution in [3.8, 4) is 0 Å². The Kier molecular flexibility index (Phi) is 3.64. The first kappa shape index (κ1) is 14.0. The van der Waals surface area contributed by atoms with Crippen LogP contribution in [0.2, 0.25) is 0 Å². The molecule has 0 amide bonds. The average molecular weight is 301 g/mol. The van der Waals surface area contributed by atoms with Crippen molar-refractivity contribution in [3.63, 3.8) is 0 Å². The van der Waals surface area contributed by atoms with Crippen molar-refractivity contribution in [1.29, 1.82) is 0 Å². The average Bonchev–Trinajstić information content (AvgIpc) is 2.80. The van der Waals surface area contributed by atoms with E-state index >= 15 is 0 Å². The summed E-state index contributed by atoms with van der Waals surface area (Å²) in [5.41, 5.74) is 4.87. The van der Waals surface area contributed by atoms with Crippen LogP contribution in [0.3, 0.4) is 0 Å². The summed E-state index contributed by atoms with van der Waals surface area (Å²) in [6, 6.07) is 7.96. The highest BCUT2D eigenvalue weighted by atomic mass is 35.5. The van der Waals surface area contributed by atoms with E-state index in [1.54, 1.807) is 0 Å². The zero-order valence-corrected chi connectivity index (χ0v) is 13.1. The number of alkyl halides is 1. The SMILES string of the molecule is Cc1ccc2nc(C(C)Cl)n(Cc3ncccc3C)c2n1. The Hall–Kier alpha value is -1.94. The quantitative estimate of drug-likeness (QED) is 0.691. The molecule has 108 valence electrons. The third-order valence-corrected chi connectivity index (χ3v) is 3.74. The number of fused-ring (bicyclic) bond motifs is 1. The molecule has 0 aliphatic heterocycles. The van der Waals surface area contributed by atoms with Gasteiger partial charge in [-0.1, -0.05) is 6.07 Å². The minimum absolute atomic E-state index is 0.177. The normalized spacial score (nSPS) is 12.8. The monoisotopic (exact) mass is 300 g/mol. The summed E-state index contributed by atoms with van der Waals surface area (Å²) in [5, 5.41) is -0.177. The lowest BCUT2D eigenvalue weighted by molar-refractivity contribution is 0.717. The second kappa shape index (κ2) is 5.45. The lowest BCUT2D eigenvalue weighted by Crippen LogP contribution is -2.09. The van der Waals surface area contributed by atoms with Gasteiger partial charge < -0.3 is 4.57 Å². The van der Waals surface area contributed by atoms with Crippen molar-refractivity contribution in [3.05, 3.63) is 53.2 Å². The van der Waals surface area contributed by atoms with E-state index in [1.807, 2.05) is 38.2 Å². The second-order valence-electron chi connectivity index (χ2n) is 5.23. The predicted octanol–water partition coefficient (Wildman–Crippen LogP) is 3.79. The van der Waals surface area contributed by atoms with E-state index in [1.165, 1.54) is 0 Å². The molecule has 0 saturated carbocycles. The van der Waals surface area contributed by atoms with Gasteiger partial charge >= 0.3 is 0 Å². The molecule has 0 fully saturated rings. The molecule has 0 bridgehead atoms. The number of nitrogens with zero attached hydrogens (tertiary/aromatic N) is 4. The molecule has 5 heteroatoms. The van der Waals surface area contributed by atoms with Gasteiger partial charge in [0.05, 0.1) is 17.6 Å². The van der Waals surface area contributed by atoms with Gasteiger partial charge in [0, 0.05) is 11.9 Å². The van der Waals surface area contributed by atoms with E-state index < -0.39 is 0 Å². The molecule has 0 N–H and O–H groups in total. The Balaban J connectivity index is 2.17. The maximum Gasteiger partial charge on any atom is 0.160 e. The highest BCUT2D eigenvalue weighted by molar-refractivity contribution is 6.20. The third-order valence-electron chi connectivity index (χ3n) is 3.54. The number of aryl methyl sites for hydroxylation is 2. The van der Waals surface area contributed by atoms with Gasteiger partial charge in [0.15, 0.2) is 5.65 Å². The standard InChI is InChI=1S/C16H17ClN4/c1-10-5-4-8-18-14(10)9-21-15(12(3)17)20-13-7-6-11(2)19-16(13)21/h4-8,12H,9H2,1-3H3. The summed E-state index contributed by atoms with van der Waals surface area (Å²) >= 11 is 6.29. The highest BCUT2D eigenvalue weighted by Crippen LogP contribution is 2.25. The van der Waals surface area contributed by atoms with Gasteiger partial charge in [0.1, 0.15) is 11.3 Å². The molecule has 0 radical (unpaired) electrons. The molecule has 0 saturated heterocycles.